The Labute approximate surface area is 109 Å². The van der Waals surface area contributed by atoms with Gasteiger partial charge in [0.1, 0.15) is 5.75 Å². The molecule has 1 rings (SSSR count). The number of carbonyl (C=O) groups is 1. The van der Waals surface area contributed by atoms with Crippen molar-refractivity contribution in [1.82, 2.24) is 5.32 Å². The van der Waals surface area contributed by atoms with E-state index in [0.717, 1.165) is 0 Å². The SMILES string of the molecule is CC(C)C(=O)NC(C)c1ccc(OC(F)(F)F)cc1. The molecule has 0 heterocycles. The fourth-order valence-corrected chi connectivity index (χ4v) is 1.42. The second-order valence-corrected chi connectivity index (χ2v) is 4.50. The number of halogens is 3. The molecule has 6 heteroatoms. The Hall–Kier alpha value is -1.72. The van der Waals surface area contributed by atoms with Gasteiger partial charge in [0.2, 0.25) is 5.91 Å². The number of hydrogen-bond donors (Lipinski definition) is 1. The lowest BCUT2D eigenvalue weighted by atomic mass is 10.1. The van der Waals surface area contributed by atoms with Gasteiger partial charge >= 0.3 is 6.36 Å². The van der Waals surface area contributed by atoms with Gasteiger partial charge in [0.15, 0.2) is 0 Å². The fraction of sp³-hybridized carbons (Fsp3) is 0.462. The Morgan fingerprint density at radius 2 is 1.68 bits per heavy atom. The molecule has 1 aromatic carbocycles. The first-order valence-electron chi connectivity index (χ1n) is 5.85. The number of amides is 1. The molecule has 1 aromatic rings. The van der Waals surface area contributed by atoms with Crippen molar-refractivity contribution >= 4 is 5.91 Å². The van der Waals surface area contributed by atoms with Crippen LogP contribution in [0.5, 0.6) is 5.75 Å². The van der Waals surface area contributed by atoms with Gasteiger partial charge in [-0.15, -0.1) is 13.2 Å². The number of alkyl halides is 3. The zero-order chi connectivity index (χ0) is 14.6. The van der Waals surface area contributed by atoms with Crippen molar-refractivity contribution in [3.63, 3.8) is 0 Å². The van der Waals surface area contributed by atoms with Gasteiger partial charge in [0.25, 0.3) is 0 Å². The van der Waals surface area contributed by atoms with Gasteiger partial charge in [-0.1, -0.05) is 26.0 Å². The smallest absolute Gasteiger partial charge is 0.406 e. The van der Waals surface area contributed by atoms with Crippen LogP contribution in [0.15, 0.2) is 24.3 Å². The van der Waals surface area contributed by atoms with Gasteiger partial charge in [-0.05, 0) is 24.6 Å². The van der Waals surface area contributed by atoms with Crippen LogP contribution in [-0.4, -0.2) is 12.3 Å². The molecule has 1 N–H and O–H groups in total. The van der Waals surface area contributed by atoms with Gasteiger partial charge < -0.3 is 10.1 Å². The van der Waals surface area contributed by atoms with Crippen molar-refractivity contribution < 1.29 is 22.7 Å². The molecule has 0 saturated carbocycles. The second-order valence-electron chi connectivity index (χ2n) is 4.50. The summed E-state index contributed by atoms with van der Waals surface area (Å²) < 4.78 is 39.7. The van der Waals surface area contributed by atoms with Crippen LogP contribution >= 0.6 is 0 Å². The number of ether oxygens (including phenoxy) is 1. The normalized spacial score (nSPS) is 13.2. The lowest BCUT2D eigenvalue weighted by Gasteiger charge is -2.16. The van der Waals surface area contributed by atoms with E-state index in [1.54, 1.807) is 20.8 Å². The van der Waals surface area contributed by atoms with Crippen LogP contribution in [0.1, 0.15) is 32.4 Å². The number of benzene rings is 1. The molecule has 1 unspecified atom stereocenters. The summed E-state index contributed by atoms with van der Waals surface area (Å²) in [6.07, 6.45) is -4.70. The predicted octanol–water partition coefficient (Wildman–Crippen LogP) is 3.42. The molecular formula is C13H16F3NO2. The van der Waals surface area contributed by atoms with Crippen LogP contribution in [-0.2, 0) is 4.79 Å². The highest BCUT2D eigenvalue weighted by Gasteiger charge is 2.31. The molecule has 0 aliphatic rings. The van der Waals surface area contributed by atoms with Crippen molar-refractivity contribution in [2.24, 2.45) is 5.92 Å². The Morgan fingerprint density at radius 1 is 1.16 bits per heavy atom. The predicted molar refractivity (Wildman–Crippen MR) is 64.5 cm³/mol. The third kappa shape index (κ3) is 5.19. The summed E-state index contributed by atoms with van der Waals surface area (Å²) in [5, 5.41) is 2.76. The van der Waals surface area contributed by atoms with E-state index in [4.69, 9.17) is 0 Å². The minimum Gasteiger partial charge on any atom is -0.406 e. The van der Waals surface area contributed by atoms with E-state index in [2.05, 4.69) is 10.1 Å². The third-order valence-electron chi connectivity index (χ3n) is 2.50. The summed E-state index contributed by atoms with van der Waals surface area (Å²) in [6, 6.07) is 5.16. The van der Waals surface area contributed by atoms with E-state index in [0.29, 0.717) is 5.56 Å². The van der Waals surface area contributed by atoms with Crippen molar-refractivity contribution in [3.8, 4) is 5.75 Å². The number of hydrogen-bond acceptors (Lipinski definition) is 2. The molecule has 1 atom stereocenters. The molecule has 106 valence electrons. The van der Waals surface area contributed by atoms with Gasteiger partial charge in [-0.2, -0.15) is 0 Å². The Kier molecular flexibility index (Phi) is 4.80. The molecule has 0 aliphatic carbocycles. The molecule has 0 bridgehead atoms. The Bertz CT molecular complexity index is 427. The Balaban J connectivity index is 2.68. The molecule has 0 saturated heterocycles. The average molecular weight is 275 g/mol. The summed E-state index contributed by atoms with van der Waals surface area (Å²) in [5.74, 6) is -0.531. The quantitative estimate of drug-likeness (QED) is 0.914. The number of rotatable bonds is 4. The molecule has 3 nitrogen and oxygen atoms in total. The lowest BCUT2D eigenvalue weighted by molar-refractivity contribution is -0.274. The monoisotopic (exact) mass is 275 g/mol. The highest BCUT2D eigenvalue weighted by molar-refractivity contribution is 5.78. The second kappa shape index (κ2) is 5.95. The molecule has 1 amide bonds. The highest BCUT2D eigenvalue weighted by atomic mass is 19.4. The first-order valence-corrected chi connectivity index (χ1v) is 5.85. The number of nitrogens with one attached hydrogen (secondary N) is 1. The first kappa shape index (κ1) is 15.3. The minimum atomic E-state index is -4.70. The van der Waals surface area contributed by atoms with Crippen LogP contribution in [0.25, 0.3) is 0 Å². The van der Waals surface area contributed by atoms with E-state index in [-0.39, 0.29) is 23.6 Å². The molecule has 19 heavy (non-hydrogen) atoms. The molecule has 0 spiro atoms. The molecule has 0 aromatic heterocycles. The first-order chi connectivity index (χ1) is 8.69. The molecule has 0 aliphatic heterocycles. The van der Waals surface area contributed by atoms with E-state index >= 15 is 0 Å². The van der Waals surface area contributed by atoms with Crippen molar-refractivity contribution in [1.29, 1.82) is 0 Å². The van der Waals surface area contributed by atoms with E-state index in [9.17, 15) is 18.0 Å². The van der Waals surface area contributed by atoms with Crippen LogP contribution < -0.4 is 10.1 Å². The lowest BCUT2D eigenvalue weighted by Crippen LogP contribution is -2.30. The zero-order valence-electron chi connectivity index (χ0n) is 10.9. The zero-order valence-corrected chi connectivity index (χ0v) is 10.9. The van der Waals surface area contributed by atoms with Crippen molar-refractivity contribution in [2.75, 3.05) is 0 Å². The van der Waals surface area contributed by atoms with Gasteiger partial charge in [0, 0.05) is 5.92 Å². The average Bonchev–Trinajstić information content (AvgIpc) is 2.27. The van der Waals surface area contributed by atoms with Gasteiger partial charge in [-0.3, -0.25) is 4.79 Å². The summed E-state index contributed by atoms with van der Waals surface area (Å²) in [7, 11) is 0. The summed E-state index contributed by atoms with van der Waals surface area (Å²) >= 11 is 0. The van der Waals surface area contributed by atoms with E-state index in [1.807, 2.05) is 0 Å². The minimum absolute atomic E-state index is 0.108. The standard InChI is InChI=1S/C13H16F3NO2/c1-8(2)12(18)17-9(3)10-4-6-11(7-5-10)19-13(14,15)16/h4-9H,1-3H3,(H,17,18). The fourth-order valence-electron chi connectivity index (χ4n) is 1.42. The largest absolute Gasteiger partial charge is 0.573 e. The van der Waals surface area contributed by atoms with Crippen molar-refractivity contribution in [3.05, 3.63) is 29.8 Å². The highest BCUT2D eigenvalue weighted by Crippen LogP contribution is 2.24. The maximum atomic E-state index is 12.0. The Morgan fingerprint density at radius 3 is 2.11 bits per heavy atom. The van der Waals surface area contributed by atoms with Crippen LogP contribution in [0, 0.1) is 5.92 Å². The summed E-state index contributed by atoms with van der Waals surface area (Å²) in [6.45, 7) is 5.30. The molecule has 0 radical (unpaired) electrons. The van der Waals surface area contributed by atoms with E-state index in [1.165, 1.54) is 24.3 Å². The van der Waals surface area contributed by atoms with Crippen molar-refractivity contribution in [2.45, 2.75) is 33.2 Å². The summed E-state index contributed by atoms with van der Waals surface area (Å²) in [4.78, 5) is 11.5. The molecule has 0 fully saturated rings. The number of carbonyl (C=O) groups excluding carboxylic acids is 1. The van der Waals surface area contributed by atoms with Gasteiger partial charge in [-0.25, -0.2) is 0 Å². The summed E-state index contributed by atoms with van der Waals surface area (Å²) in [5.41, 5.74) is 0.712. The maximum absolute atomic E-state index is 12.0. The van der Waals surface area contributed by atoms with Crippen LogP contribution in [0.4, 0.5) is 13.2 Å². The van der Waals surface area contributed by atoms with Crippen LogP contribution in [0.3, 0.4) is 0 Å². The topological polar surface area (TPSA) is 38.3 Å². The van der Waals surface area contributed by atoms with E-state index < -0.39 is 6.36 Å². The van der Waals surface area contributed by atoms with Crippen LogP contribution in [0.2, 0.25) is 0 Å². The third-order valence-corrected chi connectivity index (χ3v) is 2.50. The maximum Gasteiger partial charge on any atom is 0.573 e. The van der Waals surface area contributed by atoms with Gasteiger partial charge in [0.05, 0.1) is 6.04 Å². The molecular weight excluding hydrogens is 259 g/mol.